The zero-order chi connectivity index (χ0) is 13.0. The zero-order valence-corrected chi connectivity index (χ0v) is 11.3. The summed E-state index contributed by atoms with van der Waals surface area (Å²) >= 11 is 1.29. The van der Waals surface area contributed by atoms with E-state index in [2.05, 4.69) is 9.55 Å². The number of hydrogen-bond acceptors (Lipinski definition) is 4. The lowest BCUT2D eigenvalue weighted by molar-refractivity contribution is -0.133. The van der Waals surface area contributed by atoms with E-state index < -0.39 is 5.97 Å². The summed E-state index contributed by atoms with van der Waals surface area (Å²) in [6.45, 7) is 4.50. The van der Waals surface area contributed by atoms with Gasteiger partial charge in [-0.2, -0.15) is 0 Å². The van der Waals surface area contributed by atoms with Crippen LogP contribution in [0.1, 0.15) is 18.5 Å². The van der Waals surface area contributed by atoms with Gasteiger partial charge in [-0.1, -0.05) is 11.8 Å². The summed E-state index contributed by atoms with van der Waals surface area (Å²) in [5, 5.41) is 9.53. The van der Waals surface area contributed by atoms with Gasteiger partial charge in [0.1, 0.15) is 0 Å². The van der Waals surface area contributed by atoms with Crippen LogP contribution in [-0.2, 0) is 16.1 Å². The maximum absolute atomic E-state index is 10.6. The molecule has 5 nitrogen and oxygen atoms in total. The summed E-state index contributed by atoms with van der Waals surface area (Å²) in [7, 11) is 0. The Balaban J connectivity index is 1.99. The van der Waals surface area contributed by atoms with Gasteiger partial charge in [0, 0.05) is 26.0 Å². The van der Waals surface area contributed by atoms with Crippen LogP contribution in [0, 0.1) is 12.8 Å². The largest absolute Gasteiger partial charge is 0.481 e. The van der Waals surface area contributed by atoms with Crippen LogP contribution >= 0.6 is 11.8 Å². The van der Waals surface area contributed by atoms with Crippen molar-refractivity contribution in [2.45, 2.75) is 31.5 Å². The Labute approximate surface area is 111 Å². The van der Waals surface area contributed by atoms with Crippen molar-refractivity contribution < 1.29 is 14.6 Å². The number of aryl methyl sites for hydroxylation is 1. The molecule has 1 saturated heterocycles. The van der Waals surface area contributed by atoms with E-state index >= 15 is 0 Å². The number of carbonyl (C=O) groups is 1. The molecule has 2 heterocycles. The average Bonchev–Trinajstić information content (AvgIpc) is 2.68. The number of imidazole rings is 1. The Kier molecular flexibility index (Phi) is 4.66. The number of rotatable bonds is 5. The van der Waals surface area contributed by atoms with Gasteiger partial charge in [-0.25, -0.2) is 4.98 Å². The Morgan fingerprint density at radius 2 is 2.33 bits per heavy atom. The highest BCUT2D eigenvalue weighted by Gasteiger charge is 2.17. The van der Waals surface area contributed by atoms with Crippen molar-refractivity contribution in [2.75, 3.05) is 19.0 Å². The van der Waals surface area contributed by atoms with Gasteiger partial charge in [0.25, 0.3) is 0 Å². The molecule has 18 heavy (non-hydrogen) atoms. The van der Waals surface area contributed by atoms with Crippen LogP contribution in [0.3, 0.4) is 0 Å². The SMILES string of the molecule is Cc1cn(CC2CCOCC2)c(SCC(=O)O)n1. The molecule has 6 heteroatoms. The van der Waals surface area contributed by atoms with Crippen LogP contribution in [0.25, 0.3) is 0 Å². The number of ether oxygens (including phenoxy) is 1. The monoisotopic (exact) mass is 270 g/mol. The summed E-state index contributed by atoms with van der Waals surface area (Å²) in [4.78, 5) is 15.0. The van der Waals surface area contributed by atoms with Gasteiger partial charge >= 0.3 is 5.97 Å². The summed E-state index contributed by atoms with van der Waals surface area (Å²) in [6, 6.07) is 0. The molecule has 1 aromatic heterocycles. The molecule has 0 aromatic carbocycles. The van der Waals surface area contributed by atoms with Gasteiger partial charge in [-0.15, -0.1) is 0 Å². The molecule has 1 fully saturated rings. The molecule has 1 aliphatic rings. The van der Waals surface area contributed by atoms with Crippen LogP contribution in [0.15, 0.2) is 11.4 Å². The Hall–Kier alpha value is -1.01. The molecule has 1 N–H and O–H groups in total. The molecule has 0 spiro atoms. The molecule has 1 aliphatic heterocycles. The highest BCUT2D eigenvalue weighted by molar-refractivity contribution is 7.99. The quantitative estimate of drug-likeness (QED) is 0.826. The van der Waals surface area contributed by atoms with Crippen molar-refractivity contribution in [1.82, 2.24) is 9.55 Å². The van der Waals surface area contributed by atoms with Crippen LogP contribution in [0.4, 0.5) is 0 Å². The highest BCUT2D eigenvalue weighted by Crippen LogP contribution is 2.22. The molecule has 0 unspecified atom stereocenters. The fourth-order valence-electron chi connectivity index (χ4n) is 2.10. The number of thioether (sulfide) groups is 1. The minimum Gasteiger partial charge on any atom is -0.481 e. The lowest BCUT2D eigenvalue weighted by Gasteiger charge is -2.22. The number of aromatic nitrogens is 2. The Bertz CT molecular complexity index is 413. The minimum absolute atomic E-state index is 0.0598. The first kappa shape index (κ1) is 13.4. The van der Waals surface area contributed by atoms with E-state index in [1.807, 2.05) is 13.1 Å². The number of aliphatic carboxylic acids is 1. The number of carboxylic acid groups (broad SMARTS) is 1. The minimum atomic E-state index is -0.807. The van der Waals surface area contributed by atoms with Crippen molar-refractivity contribution in [3.8, 4) is 0 Å². The lowest BCUT2D eigenvalue weighted by atomic mass is 10.0. The van der Waals surface area contributed by atoms with Crippen molar-refractivity contribution in [1.29, 1.82) is 0 Å². The van der Waals surface area contributed by atoms with E-state index in [0.29, 0.717) is 5.92 Å². The first-order chi connectivity index (χ1) is 8.65. The van der Waals surface area contributed by atoms with Crippen molar-refractivity contribution in [3.05, 3.63) is 11.9 Å². The maximum Gasteiger partial charge on any atom is 0.313 e. The van der Waals surface area contributed by atoms with Gasteiger partial charge in [-0.05, 0) is 25.7 Å². The van der Waals surface area contributed by atoms with E-state index in [1.54, 1.807) is 0 Å². The van der Waals surface area contributed by atoms with E-state index in [4.69, 9.17) is 9.84 Å². The Morgan fingerprint density at radius 3 is 3.00 bits per heavy atom. The third-order valence-electron chi connectivity index (χ3n) is 2.98. The Morgan fingerprint density at radius 1 is 1.61 bits per heavy atom. The molecule has 0 radical (unpaired) electrons. The van der Waals surface area contributed by atoms with Gasteiger partial charge in [0.15, 0.2) is 5.16 Å². The normalized spacial score (nSPS) is 16.9. The second-order valence-corrected chi connectivity index (χ2v) is 5.50. The summed E-state index contributed by atoms with van der Waals surface area (Å²) < 4.78 is 7.43. The number of nitrogens with zero attached hydrogens (tertiary/aromatic N) is 2. The average molecular weight is 270 g/mol. The molecule has 0 aliphatic carbocycles. The zero-order valence-electron chi connectivity index (χ0n) is 10.5. The third-order valence-corrected chi connectivity index (χ3v) is 3.96. The molecule has 0 saturated carbocycles. The predicted molar refractivity (Wildman–Crippen MR) is 68.9 cm³/mol. The van der Waals surface area contributed by atoms with E-state index in [0.717, 1.165) is 43.5 Å². The van der Waals surface area contributed by atoms with Crippen LogP contribution < -0.4 is 0 Å². The van der Waals surface area contributed by atoms with Crippen LogP contribution in [-0.4, -0.2) is 39.6 Å². The molecule has 0 amide bonds. The number of carboxylic acids is 1. The first-order valence-corrected chi connectivity index (χ1v) is 7.10. The van der Waals surface area contributed by atoms with Crippen molar-refractivity contribution in [2.24, 2.45) is 5.92 Å². The van der Waals surface area contributed by atoms with Gasteiger partial charge in [0.2, 0.25) is 0 Å². The molecular formula is C12H18N2O3S. The van der Waals surface area contributed by atoms with E-state index in [9.17, 15) is 4.79 Å². The third kappa shape index (κ3) is 3.74. The van der Waals surface area contributed by atoms with Crippen LogP contribution in [0.5, 0.6) is 0 Å². The summed E-state index contributed by atoms with van der Waals surface area (Å²) in [5.74, 6) is -0.140. The molecule has 2 rings (SSSR count). The van der Waals surface area contributed by atoms with Gasteiger partial charge < -0.3 is 14.4 Å². The van der Waals surface area contributed by atoms with E-state index in [-0.39, 0.29) is 5.75 Å². The van der Waals surface area contributed by atoms with Crippen molar-refractivity contribution in [3.63, 3.8) is 0 Å². The fourth-order valence-corrected chi connectivity index (χ4v) is 2.86. The molecule has 1 aromatic rings. The van der Waals surface area contributed by atoms with Crippen LogP contribution in [0.2, 0.25) is 0 Å². The van der Waals surface area contributed by atoms with Crippen molar-refractivity contribution >= 4 is 17.7 Å². The summed E-state index contributed by atoms with van der Waals surface area (Å²) in [5.41, 5.74) is 0.940. The summed E-state index contributed by atoms with van der Waals surface area (Å²) in [6.07, 6.45) is 4.14. The molecular weight excluding hydrogens is 252 g/mol. The van der Waals surface area contributed by atoms with Gasteiger partial charge in [0.05, 0.1) is 11.4 Å². The fraction of sp³-hybridized carbons (Fsp3) is 0.667. The molecule has 0 atom stereocenters. The number of hydrogen-bond donors (Lipinski definition) is 1. The molecule has 100 valence electrons. The second-order valence-electron chi connectivity index (χ2n) is 4.56. The highest BCUT2D eigenvalue weighted by atomic mass is 32.2. The predicted octanol–water partition coefficient (Wildman–Crippen LogP) is 1.79. The maximum atomic E-state index is 10.6. The molecule has 0 bridgehead atoms. The smallest absolute Gasteiger partial charge is 0.313 e. The first-order valence-electron chi connectivity index (χ1n) is 6.11. The van der Waals surface area contributed by atoms with Gasteiger partial charge in [-0.3, -0.25) is 4.79 Å². The van der Waals surface area contributed by atoms with E-state index in [1.165, 1.54) is 11.8 Å². The second kappa shape index (κ2) is 6.24. The standard InChI is InChI=1S/C12H18N2O3S/c1-9-6-14(7-10-2-4-17-5-3-10)12(13-9)18-8-11(15)16/h6,10H,2-5,7-8H2,1H3,(H,15,16). The lowest BCUT2D eigenvalue weighted by Crippen LogP contribution is -2.20. The topological polar surface area (TPSA) is 64.3 Å².